The summed E-state index contributed by atoms with van der Waals surface area (Å²) in [6.07, 6.45) is 0. The molecule has 2 aromatic carbocycles. The minimum atomic E-state index is -0.195. The molecular weight excluding hydrogens is 370 g/mol. The normalized spacial score (nSPS) is 11.0. The summed E-state index contributed by atoms with van der Waals surface area (Å²) in [6.45, 7) is 3.62. The molecule has 4 rings (SSSR count). The number of rotatable bonds is 3. The van der Waals surface area contributed by atoms with E-state index in [-0.39, 0.29) is 5.91 Å². The molecule has 7 heteroatoms. The van der Waals surface area contributed by atoms with Crippen LogP contribution in [0.5, 0.6) is 0 Å². The van der Waals surface area contributed by atoms with Crippen LogP contribution in [0.1, 0.15) is 21.3 Å². The summed E-state index contributed by atoms with van der Waals surface area (Å²) >= 11 is 7.28. The van der Waals surface area contributed by atoms with Crippen LogP contribution in [0.3, 0.4) is 0 Å². The maximum atomic E-state index is 12.7. The van der Waals surface area contributed by atoms with Gasteiger partial charge >= 0.3 is 0 Å². The number of hydrogen-bond acceptors (Lipinski definition) is 5. The summed E-state index contributed by atoms with van der Waals surface area (Å²) in [5.41, 5.74) is 3.69. The number of aromatic nitrogens is 2. The number of fused-ring (bicyclic) bond motifs is 1. The summed E-state index contributed by atoms with van der Waals surface area (Å²) in [5.74, 6) is 0.397. The molecule has 0 unspecified atom stereocenters. The van der Waals surface area contributed by atoms with Crippen molar-refractivity contribution >= 4 is 45.6 Å². The molecule has 0 radical (unpaired) electrons. The molecule has 2 heterocycles. The first-order chi connectivity index (χ1) is 12.5. The lowest BCUT2D eigenvalue weighted by Gasteiger charge is -2.03. The van der Waals surface area contributed by atoms with Crippen molar-refractivity contribution in [1.29, 1.82) is 0 Å². The van der Waals surface area contributed by atoms with Crippen molar-refractivity contribution in [3.63, 3.8) is 0 Å². The number of carbonyl (C=O) groups is 1. The molecule has 0 saturated heterocycles. The van der Waals surface area contributed by atoms with E-state index >= 15 is 0 Å². The fourth-order valence-corrected chi connectivity index (χ4v) is 3.72. The predicted molar refractivity (Wildman–Crippen MR) is 104 cm³/mol. The Bertz CT molecular complexity index is 1120. The van der Waals surface area contributed by atoms with Crippen molar-refractivity contribution in [2.75, 3.05) is 5.32 Å². The molecule has 0 aliphatic carbocycles. The van der Waals surface area contributed by atoms with Gasteiger partial charge in [-0.05, 0) is 37.3 Å². The first-order valence-electron chi connectivity index (χ1n) is 7.91. The van der Waals surface area contributed by atoms with E-state index in [2.05, 4.69) is 15.3 Å². The summed E-state index contributed by atoms with van der Waals surface area (Å²) in [4.78, 5) is 22.0. The van der Waals surface area contributed by atoms with E-state index in [9.17, 15) is 4.79 Å². The number of oxazole rings is 1. The Hall–Kier alpha value is -2.70. The van der Waals surface area contributed by atoms with Gasteiger partial charge < -0.3 is 9.73 Å². The molecule has 5 nitrogen and oxygen atoms in total. The number of amides is 1. The molecule has 0 saturated carbocycles. The molecule has 0 atom stereocenters. The van der Waals surface area contributed by atoms with E-state index < -0.39 is 0 Å². The largest absolute Gasteiger partial charge is 0.441 e. The summed E-state index contributed by atoms with van der Waals surface area (Å²) < 4.78 is 5.45. The molecule has 4 aromatic rings. The highest BCUT2D eigenvalue weighted by Crippen LogP contribution is 2.29. The van der Waals surface area contributed by atoms with Crippen molar-refractivity contribution < 1.29 is 9.21 Å². The molecular formula is C19H14ClN3O2S. The topological polar surface area (TPSA) is 68.0 Å². The monoisotopic (exact) mass is 383 g/mol. The van der Waals surface area contributed by atoms with Crippen LogP contribution >= 0.6 is 22.9 Å². The van der Waals surface area contributed by atoms with Crippen molar-refractivity contribution in [2.24, 2.45) is 0 Å². The van der Waals surface area contributed by atoms with Crippen LogP contribution in [-0.4, -0.2) is 15.9 Å². The SMILES string of the molecule is Cc1nc2cc(NC(=O)c3sc(-c4ccc(Cl)cc4)nc3C)ccc2o1. The summed E-state index contributed by atoms with van der Waals surface area (Å²) in [6, 6.07) is 12.8. The van der Waals surface area contributed by atoms with Gasteiger partial charge in [-0.1, -0.05) is 23.7 Å². The number of anilines is 1. The van der Waals surface area contributed by atoms with Gasteiger partial charge in [0.15, 0.2) is 11.5 Å². The van der Waals surface area contributed by atoms with Crippen LogP contribution in [0.4, 0.5) is 5.69 Å². The smallest absolute Gasteiger partial charge is 0.267 e. The van der Waals surface area contributed by atoms with Crippen LogP contribution in [0.15, 0.2) is 46.9 Å². The second-order valence-corrected chi connectivity index (χ2v) is 7.25. The number of hydrogen-bond donors (Lipinski definition) is 1. The minimum absolute atomic E-state index is 0.195. The maximum absolute atomic E-state index is 12.7. The Balaban J connectivity index is 1.60. The number of halogens is 1. The van der Waals surface area contributed by atoms with Crippen LogP contribution in [0, 0.1) is 13.8 Å². The number of nitrogens with zero attached hydrogens (tertiary/aromatic N) is 2. The van der Waals surface area contributed by atoms with Crippen LogP contribution in [-0.2, 0) is 0 Å². The van der Waals surface area contributed by atoms with Gasteiger partial charge in [0.05, 0.1) is 5.69 Å². The molecule has 0 bridgehead atoms. The lowest BCUT2D eigenvalue weighted by Crippen LogP contribution is -2.11. The minimum Gasteiger partial charge on any atom is -0.441 e. The number of nitrogens with one attached hydrogen (secondary N) is 1. The number of benzene rings is 2. The Labute approximate surface area is 158 Å². The van der Waals surface area contributed by atoms with Gasteiger partial charge in [-0.25, -0.2) is 9.97 Å². The lowest BCUT2D eigenvalue weighted by atomic mass is 10.2. The first-order valence-corrected chi connectivity index (χ1v) is 9.11. The van der Waals surface area contributed by atoms with Gasteiger partial charge in [-0.15, -0.1) is 11.3 Å². The lowest BCUT2D eigenvalue weighted by molar-refractivity contribution is 0.103. The van der Waals surface area contributed by atoms with Crippen molar-refractivity contribution in [3.8, 4) is 10.6 Å². The molecule has 1 amide bonds. The van der Waals surface area contributed by atoms with Crippen molar-refractivity contribution in [3.05, 3.63) is 63.9 Å². The zero-order chi connectivity index (χ0) is 18.3. The Morgan fingerprint density at radius 2 is 1.88 bits per heavy atom. The zero-order valence-corrected chi connectivity index (χ0v) is 15.6. The van der Waals surface area contributed by atoms with Gasteiger partial charge in [-0.2, -0.15) is 0 Å². The highest BCUT2D eigenvalue weighted by Gasteiger charge is 2.17. The zero-order valence-electron chi connectivity index (χ0n) is 14.0. The van der Waals surface area contributed by atoms with Crippen LogP contribution in [0.2, 0.25) is 5.02 Å². The molecule has 2 aromatic heterocycles. The van der Waals surface area contributed by atoms with E-state index in [0.29, 0.717) is 38.3 Å². The Morgan fingerprint density at radius 1 is 1.12 bits per heavy atom. The van der Waals surface area contributed by atoms with Crippen LogP contribution < -0.4 is 5.32 Å². The second kappa shape index (κ2) is 6.55. The molecule has 130 valence electrons. The first kappa shape index (κ1) is 16.8. The molecule has 0 aliphatic heterocycles. The third kappa shape index (κ3) is 3.21. The van der Waals surface area contributed by atoms with Crippen molar-refractivity contribution in [2.45, 2.75) is 13.8 Å². The number of thiazole rings is 1. The fourth-order valence-electron chi connectivity index (χ4n) is 2.63. The van der Waals surface area contributed by atoms with E-state index in [1.54, 1.807) is 25.1 Å². The molecule has 0 aliphatic rings. The highest BCUT2D eigenvalue weighted by molar-refractivity contribution is 7.17. The number of carbonyl (C=O) groups excluding carboxylic acids is 1. The van der Waals surface area contributed by atoms with E-state index in [0.717, 1.165) is 10.6 Å². The molecule has 26 heavy (non-hydrogen) atoms. The maximum Gasteiger partial charge on any atom is 0.267 e. The average molecular weight is 384 g/mol. The molecule has 1 N–H and O–H groups in total. The Morgan fingerprint density at radius 3 is 2.65 bits per heavy atom. The highest BCUT2D eigenvalue weighted by atomic mass is 35.5. The van der Waals surface area contributed by atoms with Gasteiger partial charge in [-0.3, -0.25) is 4.79 Å². The Kier molecular flexibility index (Phi) is 4.22. The van der Waals surface area contributed by atoms with E-state index in [4.69, 9.17) is 16.0 Å². The predicted octanol–water partition coefficient (Wildman–Crippen LogP) is 5.47. The average Bonchev–Trinajstić information content (AvgIpc) is 3.17. The molecule has 0 fully saturated rings. The fraction of sp³-hybridized carbons (Fsp3) is 0.105. The van der Waals surface area contributed by atoms with E-state index in [1.807, 2.05) is 31.2 Å². The van der Waals surface area contributed by atoms with Crippen LogP contribution in [0.25, 0.3) is 21.7 Å². The van der Waals surface area contributed by atoms with Gasteiger partial charge in [0.2, 0.25) is 0 Å². The van der Waals surface area contributed by atoms with E-state index in [1.165, 1.54) is 11.3 Å². The van der Waals surface area contributed by atoms with Gasteiger partial charge in [0.25, 0.3) is 5.91 Å². The van der Waals surface area contributed by atoms with Crippen molar-refractivity contribution in [1.82, 2.24) is 9.97 Å². The number of aryl methyl sites for hydroxylation is 2. The second-order valence-electron chi connectivity index (χ2n) is 5.81. The standard InChI is InChI=1S/C19H14ClN3O2S/c1-10-17(26-19(21-10)12-3-5-13(20)6-4-12)18(24)23-14-7-8-16-15(9-14)22-11(2)25-16/h3-9H,1-2H3,(H,23,24). The summed E-state index contributed by atoms with van der Waals surface area (Å²) in [5, 5.41) is 4.35. The third-order valence-corrected chi connectivity index (χ3v) is 5.30. The molecule has 0 spiro atoms. The quantitative estimate of drug-likeness (QED) is 0.509. The van der Waals surface area contributed by atoms with Gasteiger partial charge in [0.1, 0.15) is 15.4 Å². The van der Waals surface area contributed by atoms with Gasteiger partial charge in [0, 0.05) is 23.2 Å². The summed E-state index contributed by atoms with van der Waals surface area (Å²) in [7, 11) is 0. The third-order valence-electron chi connectivity index (χ3n) is 3.85.